The molecule has 12 heavy (non-hydrogen) atoms. The summed E-state index contributed by atoms with van der Waals surface area (Å²) in [7, 11) is 0. The van der Waals surface area contributed by atoms with E-state index in [0.717, 1.165) is 6.54 Å². The molecule has 1 fully saturated rings. The van der Waals surface area contributed by atoms with Gasteiger partial charge in [0.2, 0.25) is 5.91 Å². The van der Waals surface area contributed by atoms with Crippen LogP contribution in [0.5, 0.6) is 0 Å². The molecule has 1 saturated carbocycles. The highest BCUT2D eigenvalue weighted by Gasteiger charge is 2.40. The zero-order chi connectivity index (χ0) is 9.19. The van der Waals surface area contributed by atoms with E-state index in [9.17, 15) is 4.79 Å². The lowest BCUT2D eigenvalue weighted by Crippen LogP contribution is -2.42. The third kappa shape index (κ3) is 1.62. The van der Waals surface area contributed by atoms with Crippen LogP contribution in [0.1, 0.15) is 40.0 Å². The summed E-state index contributed by atoms with van der Waals surface area (Å²) < 4.78 is 0. The second-order valence-electron chi connectivity index (χ2n) is 4.12. The summed E-state index contributed by atoms with van der Waals surface area (Å²) in [4.78, 5) is 11.5. The maximum absolute atomic E-state index is 11.5. The number of hydrogen-bond donors (Lipinski definition) is 1. The van der Waals surface area contributed by atoms with E-state index in [1.54, 1.807) is 0 Å². The highest BCUT2D eigenvalue weighted by Crippen LogP contribution is 2.46. The van der Waals surface area contributed by atoms with Gasteiger partial charge in [0.05, 0.1) is 0 Å². The number of rotatable bonds is 3. The Labute approximate surface area is 74.7 Å². The highest BCUT2D eigenvalue weighted by atomic mass is 16.1. The van der Waals surface area contributed by atoms with Crippen molar-refractivity contribution in [2.75, 3.05) is 6.54 Å². The molecule has 0 unspecified atom stereocenters. The van der Waals surface area contributed by atoms with Crippen LogP contribution in [0.4, 0.5) is 0 Å². The normalized spacial score (nSPS) is 22.6. The van der Waals surface area contributed by atoms with Crippen LogP contribution in [0.3, 0.4) is 0 Å². The number of amides is 1. The molecule has 1 N–H and O–H groups in total. The molecular weight excluding hydrogens is 150 g/mol. The molecule has 0 bridgehead atoms. The predicted molar refractivity (Wildman–Crippen MR) is 49.8 cm³/mol. The fourth-order valence-electron chi connectivity index (χ4n) is 1.81. The molecule has 1 rings (SSSR count). The van der Waals surface area contributed by atoms with Crippen LogP contribution < -0.4 is 5.32 Å². The quantitative estimate of drug-likeness (QED) is 0.687. The van der Waals surface area contributed by atoms with Gasteiger partial charge in [-0.3, -0.25) is 4.79 Å². The van der Waals surface area contributed by atoms with Gasteiger partial charge in [-0.15, -0.1) is 0 Å². The maximum Gasteiger partial charge on any atom is 0.223 e. The SMILES string of the molecule is CCNC(=O)[C@H](C)C1(C)CCC1. The van der Waals surface area contributed by atoms with Crippen LogP contribution in [-0.2, 0) is 4.79 Å². The predicted octanol–water partition coefficient (Wildman–Crippen LogP) is 1.95. The monoisotopic (exact) mass is 169 g/mol. The van der Waals surface area contributed by atoms with Crippen LogP contribution in [0, 0.1) is 11.3 Å². The second kappa shape index (κ2) is 3.46. The minimum atomic E-state index is 0.186. The van der Waals surface area contributed by atoms with Crippen LogP contribution in [-0.4, -0.2) is 12.5 Å². The summed E-state index contributed by atoms with van der Waals surface area (Å²) in [5.74, 6) is 0.408. The molecule has 0 aromatic rings. The van der Waals surface area contributed by atoms with Gasteiger partial charge in [-0.2, -0.15) is 0 Å². The summed E-state index contributed by atoms with van der Waals surface area (Å²) in [6, 6.07) is 0. The molecule has 1 atom stereocenters. The summed E-state index contributed by atoms with van der Waals surface area (Å²) >= 11 is 0. The maximum atomic E-state index is 11.5. The summed E-state index contributed by atoms with van der Waals surface area (Å²) in [5, 5.41) is 2.88. The first kappa shape index (κ1) is 9.56. The molecule has 2 nitrogen and oxygen atoms in total. The van der Waals surface area contributed by atoms with E-state index < -0.39 is 0 Å². The van der Waals surface area contributed by atoms with Gasteiger partial charge in [-0.25, -0.2) is 0 Å². The molecule has 0 aromatic heterocycles. The van der Waals surface area contributed by atoms with Gasteiger partial charge in [0.25, 0.3) is 0 Å². The zero-order valence-electron chi connectivity index (χ0n) is 8.31. The first-order chi connectivity index (χ1) is 5.60. The first-order valence-corrected chi connectivity index (χ1v) is 4.88. The van der Waals surface area contributed by atoms with Gasteiger partial charge >= 0.3 is 0 Å². The molecule has 0 saturated heterocycles. The van der Waals surface area contributed by atoms with Crippen molar-refractivity contribution in [1.29, 1.82) is 0 Å². The van der Waals surface area contributed by atoms with Gasteiger partial charge in [0.1, 0.15) is 0 Å². The lowest BCUT2D eigenvalue weighted by atomic mass is 9.63. The van der Waals surface area contributed by atoms with Crippen LogP contribution in [0.15, 0.2) is 0 Å². The molecule has 2 heteroatoms. The molecule has 1 aliphatic rings. The topological polar surface area (TPSA) is 29.1 Å². The van der Waals surface area contributed by atoms with Crippen molar-refractivity contribution < 1.29 is 4.79 Å². The van der Waals surface area contributed by atoms with Crippen molar-refractivity contribution in [3.63, 3.8) is 0 Å². The second-order valence-corrected chi connectivity index (χ2v) is 4.12. The van der Waals surface area contributed by atoms with Gasteiger partial charge < -0.3 is 5.32 Å². The summed E-state index contributed by atoms with van der Waals surface area (Å²) in [5.41, 5.74) is 0.291. The van der Waals surface area contributed by atoms with Crippen molar-refractivity contribution in [3.05, 3.63) is 0 Å². The molecule has 1 amide bonds. The van der Waals surface area contributed by atoms with Crippen LogP contribution >= 0.6 is 0 Å². The fraction of sp³-hybridized carbons (Fsp3) is 0.900. The average Bonchev–Trinajstić information content (AvgIpc) is 1.99. The number of carbonyl (C=O) groups excluding carboxylic acids is 1. The van der Waals surface area contributed by atoms with Crippen molar-refractivity contribution >= 4 is 5.91 Å². The van der Waals surface area contributed by atoms with E-state index in [0.29, 0.717) is 5.41 Å². The molecule has 1 aliphatic carbocycles. The zero-order valence-corrected chi connectivity index (χ0v) is 8.31. The Hall–Kier alpha value is -0.530. The Morgan fingerprint density at radius 1 is 1.58 bits per heavy atom. The molecule has 0 heterocycles. The Balaban J connectivity index is 2.45. The number of nitrogens with one attached hydrogen (secondary N) is 1. The third-order valence-corrected chi connectivity index (χ3v) is 3.29. The van der Waals surface area contributed by atoms with Crippen molar-refractivity contribution in [3.8, 4) is 0 Å². The smallest absolute Gasteiger partial charge is 0.223 e. The Morgan fingerprint density at radius 2 is 2.17 bits per heavy atom. The lowest BCUT2D eigenvalue weighted by molar-refractivity contribution is -0.130. The molecule has 70 valence electrons. The van der Waals surface area contributed by atoms with Gasteiger partial charge in [0, 0.05) is 12.5 Å². The molecule has 0 spiro atoms. The van der Waals surface area contributed by atoms with E-state index in [1.807, 2.05) is 13.8 Å². The summed E-state index contributed by atoms with van der Waals surface area (Å²) in [6.45, 7) is 6.98. The number of carbonyl (C=O) groups is 1. The Kier molecular flexibility index (Phi) is 2.76. The molecule has 0 radical (unpaired) electrons. The van der Waals surface area contributed by atoms with Crippen molar-refractivity contribution in [2.24, 2.45) is 11.3 Å². The van der Waals surface area contributed by atoms with Crippen molar-refractivity contribution in [2.45, 2.75) is 40.0 Å². The molecule has 0 aromatic carbocycles. The fourth-order valence-corrected chi connectivity index (χ4v) is 1.81. The first-order valence-electron chi connectivity index (χ1n) is 4.88. The number of hydrogen-bond acceptors (Lipinski definition) is 1. The third-order valence-electron chi connectivity index (χ3n) is 3.29. The van der Waals surface area contributed by atoms with E-state index in [1.165, 1.54) is 19.3 Å². The van der Waals surface area contributed by atoms with Gasteiger partial charge in [-0.1, -0.05) is 20.3 Å². The van der Waals surface area contributed by atoms with E-state index in [-0.39, 0.29) is 11.8 Å². The van der Waals surface area contributed by atoms with Crippen LogP contribution in [0.2, 0.25) is 0 Å². The van der Waals surface area contributed by atoms with Crippen LogP contribution in [0.25, 0.3) is 0 Å². The largest absolute Gasteiger partial charge is 0.356 e. The summed E-state index contributed by atoms with van der Waals surface area (Å²) in [6.07, 6.45) is 3.72. The minimum absolute atomic E-state index is 0.186. The van der Waals surface area contributed by atoms with E-state index >= 15 is 0 Å². The minimum Gasteiger partial charge on any atom is -0.356 e. The average molecular weight is 169 g/mol. The molecule has 0 aliphatic heterocycles. The van der Waals surface area contributed by atoms with Gasteiger partial charge in [0.15, 0.2) is 0 Å². The Bertz CT molecular complexity index is 173. The van der Waals surface area contributed by atoms with Crippen molar-refractivity contribution in [1.82, 2.24) is 5.32 Å². The Morgan fingerprint density at radius 3 is 2.50 bits per heavy atom. The van der Waals surface area contributed by atoms with E-state index in [2.05, 4.69) is 12.2 Å². The van der Waals surface area contributed by atoms with E-state index in [4.69, 9.17) is 0 Å². The standard InChI is InChI=1S/C10H19NO/c1-4-11-9(12)8(2)10(3)6-5-7-10/h8H,4-7H2,1-3H3,(H,11,12)/t8-/m0/s1. The highest BCUT2D eigenvalue weighted by molar-refractivity contribution is 5.79. The molecular formula is C10H19NO. The van der Waals surface area contributed by atoms with Gasteiger partial charge in [-0.05, 0) is 25.2 Å². The lowest BCUT2D eigenvalue weighted by Gasteiger charge is -2.42.